The number of hydrogen-bond acceptors (Lipinski definition) is 3. The minimum absolute atomic E-state index is 0.109. The van der Waals surface area contributed by atoms with Crippen molar-refractivity contribution in [2.24, 2.45) is 17.1 Å². The van der Waals surface area contributed by atoms with Gasteiger partial charge in [-0.15, -0.1) is 0 Å². The molecule has 3 nitrogen and oxygen atoms in total. The summed E-state index contributed by atoms with van der Waals surface area (Å²) < 4.78 is 5.05. The highest BCUT2D eigenvalue weighted by Gasteiger charge is 2.52. The van der Waals surface area contributed by atoms with Crippen molar-refractivity contribution < 1.29 is 9.53 Å². The fraction of sp³-hybridized carbons (Fsp3) is 0.562. The van der Waals surface area contributed by atoms with Gasteiger partial charge in [0.1, 0.15) is 0 Å². The van der Waals surface area contributed by atoms with Crippen LogP contribution in [0.25, 0.3) is 0 Å². The van der Waals surface area contributed by atoms with Gasteiger partial charge in [0.2, 0.25) is 0 Å². The molecule has 1 saturated carbocycles. The van der Waals surface area contributed by atoms with Crippen LogP contribution in [-0.4, -0.2) is 19.6 Å². The van der Waals surface area contributed by atoms with Gasteiger partial charge in [0.25, 0.3) is 0 Å². The molecular weight excluding hydrogens is 238 g/mol. The number of fused-ring (bicyclic) bond motifs is 1. The Morgan fingerprint density at radius 2 is 2.16 bits per heavy atom. The number of esters is 1. The second-order valence-corrected chi connectivity index (χ2v) is 5.93. The van der Waals surface area contributed by atoms with Crippen LogP contribution >= 0.6 is 0 Å². The van der Waals surface area contributed by atoms with E-state index < -0.39 is 5.41 Å². The number of ether oxygens (including phenoxy) is 1. The molecule has 0 amide bonds. The maximum Gasteiger partial charge on any atom is 0.313 e. The van der Waals surface area contributed by atoms with Crippen molar-refractivity contribution in [3.05, 3.63) is 35.4 Å². The molecule has 2 atom stereocenters. The van der Waals surface area contributed by atoms with Crippen LogP contribution in [0.1, 0.15) is 36.3 Å². The number of hydrogen-bond donors (Lipinski definition) is 1. The van der Waals surface area contributed by atoms with E-state index in [2.05, 4.69) is 24.3 Å². The van der Waals surface area contributed by atoms with E-state index in [4.69, 9.17) is 10.5 Å². The summed E-state index contributed by atoms with van der Waals surface area (Å²) in [6, 6.07) is 8.50. The van der Waals surface area contributed by atoms with Gasteiger partial charge >= 0.3 is 5.97 Å². The van der Waals surface area contributed by atoms with Crippen LogP contribution in [0.5, 0.6) is 0 Å². The smallest absolute Gasteiger partial charge is 0.313 e. The van der Waals surface area contributed by atoms with E-state index in [9.17, 15) is 4.79 Å². The summed E-state index contributed by atoms with van der Waals surface area (Å²) in [5, 5.41) is 0. The lowest BCUT2D eigenvalue weighted by Gasteiger charge is -2.38. The van der Waals surface area contributed by atoms with E-state index in [1.807, 2.05) is 0 Å². The molecule has 3 rings (SSSR count). The topological polar surface area (TPSA) is 52.3 Å². The molecule has 2 N–H and O–H groups in total. The van der Waals surface area contributed by atoms with Crippen LogP contribution in [0.15, 0.2) is 24.3 Å². The minimum Gasteiger partial charge on any atom is -0.469 e. The van der Waals surface area contributed by atoms with E-state index in [0.717, 1.165) is 25.7 Å². The standard InChI is InChI=1S/C16H21NO2/c1-19-15(18)16(10-17,13-6-7-13)9-12-8-11-4-2-3-5-14(11)12/h2-5,12-13H,6-10,17H2,1H3. The first kappa shape index (κ1) is 12.7. The molecule has 102 valence electrons. The zero-order valence-electron chi connectivity index (χ0n) is 11.4. The summed E-state index contributed by atoms with van der Waals surface area (Å²) >= 11 is 0. The lowest BCUT2D eigenvalue weighted by atomic mass is 9.66. The largest absolute Gasteiger partial charge is 0.469 e. The van der Waals surface area contributed by atoms with Crippen LogP contribution in [0.3, 0.4) is 0 Å². The van der Waals surface area contributed by atoms with Crippen LogP contribution in [0.4, 0.5) is 0 Å². The molecule has 0 radical (unpaired) electrons. The quantitative estimate of drug-likeness (QED) is 0.825. The van der Waals surface area contributed by atoms with Crippen LogP contribution in [-0.2, 0) is 16.0 Å². The Morgan fingerprint density at radius 3 is 2.74 bits per heavy atom. The van der Waals surface area contributed by atoms with Gasteiger partial charge in [0.05, 0.1) is 12.5 Å². The Hall–Kier alpha value is -1.35. The van der Waals surface area contributed by atoms with E-state index in [-0.39, 0.29) is 5.97 Å². The summed E-state index contributed by atoms with van der Waals surface area (Å²) in [4.78, 5) is 12.2. The number of carbonyl (C=O) groups is 1. The molecule has 0 heterocycles. The molecule has 2 aliphatic carbocycles. The second kappa shape index (κ2) is 4.64. The summed E-state index contributed by atoms with van der Waals surface area (Å²) in [5.41, 5.74) is 8.33. The Morgan fingerprint density at radius 1 is 1.42 bits per heavy atom. The zero-order valence-corrected chi connectivity index (χ0v) is 11.4. The number of methoxy groups -OCH3 is 1. The van der Waals surface area contributed by atoms with Gasteiger partial charge in [0, 0.05) is 6.54 Å². The molecule has 3 heteroatoms. The maximum atomic E-state index is 12.2. The molecule has 1 aromatic rings. The summed E-state index contributed by atoms with van der Waals surface area (Å²) in [6.07, 6.45) is 4.14. The van der Waals surface area contributed by atoms with Gasteiger partial charge in [-0.2, -0.15) is 0 Å². The van der Waals surface area contributed by atoms with Crippen LogP contribution in [0, 0.1) is 11.3 Å². The third kappa shape index (κ3) is 1.96. The highest BCUT2D eigenvalue weighted by Crippen LogP contribution is 2.53. The average molecular weight is 259 g/mol. The normalized spacial score (nSPS) is 24.0. The molecule has 19 heavy (non-hydrogen) atoms. The highest BCUT2D eigenvalue weighted by atomic mass is 16.5. The lowest BCUT2D eigenvalue weighted by Crippen LogP contribution is -2.44. The third-order valence-electron chi connectivity index (χ3n) is 4.89. The molecule has 0 aromatic heterocycles. The number of rotatable bonds is 5. The second-order valence-electron chi connectivity index (χ2n) is 5.93. The predicted molar refractivity (Wildman–Crippen MR) is 73.7 cm³/mol. The van der Waals surface area contributed by atoms with E-state index in [1.54, 1.807) is 0 Å². The van der Waals surface area contributed by atoms with E-state index in [1.165, 1.54) is 18.2 Å². The van der Waals surface area contributed by atoms with Gasteiger partial charge in [-0.1, -0.05) is 24.3 Å². The van der Waals surface area contributed by atoms with Gasteiger partial charge in [0.15, 0.2) is 0 Å². The first-order valence-electron chi connectivity index (χ1n) is 7.07. The molecule has 1 aromatic carbocycles. The van der Waals surface area contributed by atoms with Gasteiger partial charge in [-0.3, -0.25) is 4.79 Å². The average Bonchev–Trinajstić information content (AvgIpc) is 3.25. The third-order valence-corrected chi connectivity index (χ3v) is 4.89. The Kier molecular flexibility index (Phi) is 3.09. The van der Waals surface area contributed by atoms with Gasteiger partial charge in [-0.25, -0.2) is 0 Å². The van der Waals surface area contributed by atoms with E-state index in [0.29, 0.717) is 18.4 Å². The first-order valence-corrected chi connectivity index (χ1v) is 7.07. The van der Waals surface area contributed by atoms with Crippen molar-refractivity contribution in [3.8, 4) is 0 Å². The summed E-state index contributed by atoms with van der Waals surface area (Å²) in [6.45, 7) is 0.406. The van der Waals surface area contributed by atoms with E-state index >= 15 is 0 Å². The van der Waals surface area contributed by atoms with Crippen LogP contribution in [0.2, 0.25) is 0 Å². The molecule has 0 spiro atoms. The molecule has 1 fully saturated rings. The number of benzene rings is 1. The van der Waals surface area contributed by atoms with Crippen LogP contribution < -0.4 is 5.73 Å². The molecule has 0 aliphatic heterocycles. The first-order chi connectivity index (χ1) is 9.21. The molecular formula is C16H21NO2. The van der Waals surface area contributed by atoms with Crippen molar-refractivity contribution in [2.45, 2.75) is 31.6 Å². The van der Waals surface area contributed by atoms with Crippen molar-refractivity contribution in [2.75, 3.05) is 13.7 Å². The number of nitrogens with two attached hydrogens (primary N) is 1. The van der Waals surface area contributed by atoms with Crippen molar-refractivity contribution in [1.29, 1.82) is 0 Å². The Bertz CT molecular complexity index is 495. The van der Waals surface area contributed by atoms with Crippen molar-refractivity contribution >= 4 is 5.97 Å². The monoisotopic (exact) mass is 259 g/mol. The fourth-order valence-electron chi connectivity index (χ4n) is 3.57. The maximum absolute atomic E-state index is 12.2. The molecule has 2 unspecified atom stereocenters. The predicted octanol–water partition coefficient (Wildman–Crippen LogP) is 2.24. The van der Waals surface area contributed by atoms with Gasteiger partial charge in [-0.05, 0) is 48.6 Å². The van der Waals surface area contributed by atoms with Crippen molar-refractivity contribution in [3.63, 3.8) is 0 Å². The molecule has 2 aliphatic rings. The zero-order chi connectivity index (χ0) is 13.5. The lowest BCUT2D eigenvalue weighted by molar-refractivity contribution is -0.154. The Labute approximate surface area is 114 Å². The molecule has 0 saturated heterocycles. The minimum atomic E-state index is -0.451. The van der Waals surface area contributed by atoms with Gasteiger partial charge < -0.3 is 10.5 Å². The fourth-order valence-corrected chi connectivity index (χ4v) is 3.57. The number of carbonyl (C=O) groups excluding carboxylic acids is 1. The highest BCUT2D eigenvalue weighted by molar-refractivity contribution is 5.78. The molecule has 0 bridgehead atoms. The summed E-state index contributed by atoms with van der Waals surface area (Å²) in [5.74, 6) is 0.791. The Balaban J connectivity index is 1.82. The summed E-state index contributed by atoms with van der Waals surface area (Å²) in [7, 11) is 1.48. The SMILES string of the molecule is COC(=O)C(CN)(CC1Cc2ccccc21)C1CC1. The van der Waals surface area contributed by atoms with Crippen molar-refractivity contribution in [1.82, 2.24) is 0 Å².